The first kappa shape index (κ1) is 14.9. The van der Waals surface area contributed by atoms with E-state index in [4.69, 9.17) is 10.5 Å². The lowest BCUT2D eigenvalue weighted by Gasteiger charge is -2.44. The molecule has 0 aromatic rings. The van der Waals surface area contributed by atoms with Crippen molar-refractivity contribution in [2.45, 2.75) is 51.5 Å². The summed E-state index contributed by atoms with van der Waals surface area (Å²) in [5, 5.41) is 0. The maximum absolute atomic E-state index is 6.01. The van der Waals surface area contributed by atoms with E-state index in [1.54, 1.807) is 0 Å². The number of hydrogen-bond acceptors (Lipinski definition) is 3. The van der Waals surface area contributed by atoms with Gasteiger partial charge in [-0.1, -0.05) is 33.1 Å². The van der Waals surface area contributed by atoms with Gasteiger partial charge in [-0.05, 0) is 25.8 Å². The molecule has 3 nitrogen and oxygen atoms in total. The minimum absolute atomic E-state index is 0.249. The molecule has 0 spiro atoms. The van der Waals surface area contributed by atoms with E-state index in [0.29, 0.717) is 5.92 Å². The van der Waals surface area contributed by atoms with Crippen LogP contribution in [0, 0.1) is 5.92 Å². The molecule has 0 aromatic heterocycles. The lowest BCUT2D eigenvalue weighted by atomic mass is 9.80. The molecule has 1 saturated carbocycles. The molecule has 2 N–H and O–H groups in total. The number of nitrogens with zero attached hydrogens (tertiary/aromatic N) is 1. The molecule has 1 aliphatic rings. The summed E-state index contributed by atoms with van der Waals surface area (Å²) < 4.78 is 5.66. The Morgan fingerprint density at radius 1 is 1.24 bits per heavy atom. The van der Waals surface area contributed by atoms with Gasteiger partial charge in [0.2, 0.25) is 0 Å². The summed E-state index contributed by atoms with van der Waals surface area (Å²) in [6.45, 7) is 7.86. The Morgan fingerprint density at radius 2 is 1.88 bits per heavy atom. The molecule has 0 bridgehead atoms. The van der Waals surface area contributed by atoms with Gasteiger partial charge in [0.1, 0.15) is 0 Å². The average Bonchev–Trinajstić information content (AvgIpc) is 2.35. The first-order chi connectivity index (χ1) is 8.10. The third kappa shape index (κ3) is 4.57. The van der Waals surface area contributed by atoms with E-state index in [9.17, 15) is 0 Å². The van der Waals surface area contributed by atoms with E-state index >= 15 is 0 Å². The smallest absolute Gasteiger partial charge is 0.0593 e. The first-order valence-corrected chi connectivity index (χ1v) is 7.10. The van der Waals surface area contributed by atoms with E-state index in [-0.39, 0.29) is 5.54 Å². The van der Waals surface area contributed by atoms with Crippen LogP contribution in [0.1, 0.15) is 46.0 Å². The van der Waals surface area contributed by atoms with Gasteiger partial charge in [-0.25, -0.2) is 0 Å². The van der Waals surface area contributed by atoms with Crippen LogP contribution >= 0.6 is 0 Å². The summed E-state index contributed by atoms with van der Waals surface area (Å²) >= 11 is 0. The average molecular weight is 242 g/mol. The Bertz CT molecular complexity index is 200. The summed E-state index contributed by atoms with van der Waals surface area (Å²) in [5.41, 5.74) is 6.26. The Labute approximate surface area is 107 Å². The highest BCUT2D eigenvalue weighted by molar-refractivity contribution is 4.92. The molecule has 1 fully saturated rings. The van der Waals surface area contributed by atoms with E-state index in [1.807, 2.05) is 0 Å². The van der Waals surface area contributed by atoms with Crippen LogP contribution in [0.5, 0.6) is 0 Å². The quantitative estimate of drug-likeness (QED) is 0.696. The lowest BCUT2D eigenvalue weighted by Crippen LogP contribution is -2.54. The van der Waals surface area contributed by atoms with Crippen molar-refractivity contribution in [1.82, 2.24) is 4.90 Å². The van der Waals surface area contributed by atoms with Crippen molar-refractivity contribution in [2.24, 2.45) is 11.7 Å². The maximum Gasteiger partial charge on any atom is 0.0593 e. The van der Waals surface area contributed by atoms with E-state index < -0.39 is 0 Å². The van der Waals surface area contributed by atoms with Gasteiger partial charge < -0.3 is 10.5 Å². The highest BCUT2D eigenvalue weighted by atomic mass is 16.5. The zero-order valence-electron chi connectivity index (χ0n) is 11.9. The minimum Gasteiger partial charge on any atom is -0.380 e. The SMILES string of the molecule is CC(C)COCCN(C)C1(CN)CCCCC1. The Kier molecular flexibility index (Phi) is 6.45. The predicted octanol–water partition coefficient (Wildman–Crippen LogP) is 2.25. The van der Waals surface area contributed by atoms with Crippen LogP contribution in [-0.4, -0.2) is 43.8 Å². The molecule has 0 radical (unpaired) electrons. The third-order valence-corrected chi connectivity index (χ3v) is 4.00. The fourth-order valence-electron chi connectivity index (χ4n) is 2.71. The molecule has 0 atom stereocenters. The van der Waals surface area contributed by atoms with Crippen LogP contribution in [0.3, 0.4) is 0 Å². The Balaban J connectivity index is 2.30. The summed E-state index contributed by atoms with van der Waals surface area (Å²) in [4.78, 5) is 2.44. The Hall–Kier alpha value is -0.120. The largest absolute Gasteiger partial charge is 0.380 e. The number of nitrogens with two attached hydrogens (primary N) is 1. The van der Waals surface area contributed by atoms with E-state index in [1.165, 1.54) is 32.1 Å². The van der Waals surface area contributed by atoms with Gasteiger partial charge in [0.25, 0.3) is 0 Å². The number of ether oxygens (including phenoxy) is 1. The summed E-state index contributed by atoms with van der Waals surface area (Å²) in [6, 6.07) is 0. The molecule has 0 aromatic carbocycles. The molecule has 0 amide bonds. The molecule has 0 aliphatic heterocycles. The van der Waals surface area contributed by atoms with Crippen molar-refractivity contribution in [3.63, 3.8) is 0 Å². The zero-order valence-corrected chi connectivity index (χ0v) is 11.9. The molecule has 0 unspecified atom stereocenters. The third-order valence-electron chi connectivity index (χ3n) is 4.00. The summed E-state index contributed by atoms with van der Waals surface area (Å²) in [5.74, 6) is 0.624. The fourth-order valence-corrected chi connectivity index (χ4v) is 2.71. The predicted molar refractivity (Wildman–Crippen MR) is 73.2 cm³/mol. The van der Waals surface area contributed by atoms with Gasteiger partial charge in [-0.3, -0.25) is 4.90 Å². The maximum atomic E-state index is 6.01. The first-order valence-electron chi connectivity index (χ1n) is 7.10. The van der Waals surface area contributed by atoms with Crippen LogP contribution in [0.15, 0.2) is 0 Å². The van der Waals surface area contributed by atoms with Crippen LogP contribution in [0.2, 0.25) is 0 Å². The van der Waals surface area contributed by atoms with Gasteiger partial charge in [-0.15, -0.1) is 0 Å². The van der Waals surface area contributed by atoms with Crippen molar-refractivity contribution < 1.29 is 4.74 Å². The van der Waals surface area contributed by atoms with Crippen LogP contribution in [-0.2, 0) is 4.74 Å². The molecule has 0 heterocycles. The molecular formula is C14H30N2O. The minimum atomic E-state index is 0.249. The molecule has 1 rings (SSSR count). The Morgan fingerprint density at radius 3 is 2.41 bits per heavy atom. The number of hydrogen-bond donors (Lipinski definition) is 1. The molecule has 0 saturated heterocycles. The highest BCUT2D eigenvalue weighted by Gasteiger charge is 2.34. The van der Waals surface area contributed by atoms with Crippen molar-refractivity contribution in [1.29, 1.82) is 0 Å². The van der Waals surface area contributed by atoms with Crippen molar-refractivity contribution in [3.05, 3.63) is 0 Å². The molecule has 3 heteroatoms. The summed E-state index contributed by atoms with van der Waals surface area (Å²) in [7, 11) is 2.21. The zero-order chi connectivity index (χ0) is 12.7. The van der Waals surface area contributed by atoms with Crippen LogP contribution in [0.25, 0.3) is 0 Å². The normalized spacial score (nSPS) is 20.1. The van der Waals surface area contributed by atoms with Crippen molar-refractivity contribution >= 4 is 0 Å². The van der Waals surface area contributed by atoms with E-state index in [2.05, 4.69) is 25.8 Å². The second kappa shape index (κ2) is 7.34. The molecule has 1 aliphatic carbocycles. The van der Waals surface area contributed by atoms with Gasteiger partial charge in [0, 0.05) is 25.2 Å². The van der Waals surface area contributed by atoms with Crippen molar-refractivity contribution in [2.75, 3.05) is 33.4 Å². The van der Waals surface area contributed by atoms with Gasteiger partial charge in [0.15, 0.2) is 0 Å². The fraction of sp³-hybridized carbons (Fsp3) is 1.00. The summed E-state index contributed by atoms with van der Waals surface area (Å²) in [6.07, 6.45) is 6.54. The van der Waals surface area contributed by atoms with Crippen molar-refractivity contribution in [3.8, 4) is 0 Å². The van der Waals surface area contributed by atoms with Gasteiger partial charge in [0.05, 0.1) is 6.61 Å². The van der Waals surface area contributed by atoms with E-state index in [0.717, 1.165) is 26.3 Å². The molecule has 102 valence electrons. The second-order valence-corrected chi connectivity index (χ2v) is 5.88. The molecular weight excluding hydrogens is 212 g/mol. The topological polar surface area (TPSA) is 38.5 Å². The van der Waals surface area contributed by atoms with Gasteiger partial charge in [-0.2, -0.15) is 0 Å². The number of rotatable bonds is 7. The monoisotopic (exact) mass is 242 g/mol. The standard InChI is InChI=1S/C14H30N2O/c1-13(2)11-17-10-9-16(3)14(12-15)7-5-4-6-8-14/h13H,4-12,15H2,1-3H3. The van der Waals surface area contributed by atoms with Crippen LogP contribution in [0.4, 0.5) is 0 Å². The molecule has 17 heavy (non-hydrogen) atoms. The lowest BCUT2D eigenvalue weighted by molar-refractivity contribution is 0.0354. The number of likely N-dealkylation sites (N-methyl/N-ethyl adjacent to an activating group) is 1. The second-order valence-electron chi connectivity index (χ2n) is 5.88. The highest BCUT2D eigenvalue weighted by Crippen LogP contribution is 2.31. The van der Waals surface area contributed by atoms with Gasteiger partial charge >= 0.3 is 0 Å². The van der Waals surface area contributed by atoms with Crippen LogP contribution < -0.4 is 5.73 Å².